The average molecular weight is 438 g/mol. The van der Waals surface area contributed by atoms with Crippen LogP contribution in [0.2, 0.25) is 5.02 Å². The number of hydrogen-bond donors (Lipinski definition) is 1. The molecule has 0 atom stereocenters. The highest BCUT2D eigenvalue weighted by Gasteiger charge is 2.14. The lowest BCUT2D eigenvalue weighted by atomic mass is 10.1. The van der Waals surface area contributed by atoms with Gasteiger partial charge in [0.25, 0.3) is 11.5 Å². The Hall–Kier alpha value is -3.58. The molecule has 0 saturated heterocycles. The highest BCUT2D eigenvalue weighted by atomic mass is 35.5. The Morgan fingerprint density at radius 2 is 1.90 bits per heavy atom. The summed E-state index contributed by atoms with van der Waals surface area (Å²) in [4.78, 5) is 30.2. The molecule has 0 radical (unpaired) electrons. The fraction of sp³-hybridized carbons (Fsp3) is 0.174. The molecule has 7 nitrogen and oxygen atoms in total. The quantitative estimate of drug-likeness (QED) is 0.467. The van der Waals surface area contributed by atoms with Crippen LogP contribution in [0.3, 0.4) is 0 Å². The molecule has 2 heterocycles. The molecule has 0 aliphatic heterocycles. The molecule has 0 saturated carbocycles. The van der Waals surface area contributed by atoms with Crippen LogP contribution in [0.1, 0.15) is 15.9 Å². The first kappa shape index (κ1) is 20.7. The lowest BCUT2D eigenvalue weighted by Gasteiger charge is -2.11. The van der Waals surface area contributed by atoms with E-state index in [9.17, 15) is 9.59 Å². The van der Waals surface area contributed by atoms with Crippen molar-refractivity contribution in [1.82, 2.24) is 14.7 Å². The summed E-state index contributed by atoms with van der Waals surface area (Å²) in [5, 5.41) is 3.75. The summed E-state index contributed by atoms with van der Waals surface area (Å²) in [6, 6.07) is 13.8. The number of rotatable bonds is 6. The number of fused-ring (bicyclic) bond motifs is 2. The number of aromatic nitrogens is 2. The van der Waals surface area contributed by atoms with Gasteiger partial charge in [0.15, 0.2) is 17.1 Å². The van der Waals surface area contributed by atoms with Gasteiger partial charge < -0.3 is 14.8 Å². The maximum Gasteiger partial charge on any atom is 0.265 e. The number of nitrogens with one attached hydrogen (secondary N) is 1. The van der Waals surface area contributed by atoms with Crippen LogP contribution in [0.5, 0.6) is 11.5 Å². The first-order chi connectivity index (χ1) is 15.0. The average Bonchev–Trinajstić information content (AvgIpc) is 2.79. The van der Waals surface area contributed by atoms with Gasteiger partial charge in [-0.15, -0.1) is 0 Å². The fourth-order valence-corrected chi connectivity index (χ4v) is 3.60. The van der Waals surface area contributed by atoms with Crippen LogP contribution in [0.15, 0.2) is 59.5 Å². The van der Waals surface area contributed by atoms with Gasteiger partial charge in [-0.2, -0.15) is 0 Å². The minimum atomic E-state index is -0.307. The molecule has 0 aliphatic carbocycles. The lowest BCUT2D eigenvalue weighted by molar-refractivity contribution is 0.0955. The predicted octanol–water partition coefficient (Wildman–Crippen LogP) is 3.49. The second kappa shape index (κ2) is 8.65. The number of methoxy groups -OCH3 is 2. The van der Waals surface area contributed by atoms with Crippen molar-refractivity contribution in [3.63, 3.8) is 0 Å². The van der Waals surface area contributed by atoms with Crippen LogP contribution < -0.4 is 20.3 Å². The molecule has 1 N–H and O–H groups in total. The van der Waals surface area contributed by atoms with Crippen molar-refractivity contribution < 1.29 is 14.3 Å². The molecule has 0 spiro atoms. The van der Waals surface area contributed by atoms with Crippen molar-refractivity contribution in [3.8, 4) is 11.5 Å². The van der Waals surface area contributed by atoms with Crippen LogP contribution in [0, 0.1) is 0 Å². The molecular weight excluding hydrogens is 418 g/mol. The molecule has 2 aromatic carbocycles. The third-order valence-corrected chi connectivity index (χ3v) is 5.23. The van der Waals surface area contributed by atoms with Gasteiger partial charge in [0, 0.05) is 17.8 Å². The molecule has 158 valence electrons. The van der Waals surface area contributed by atoms with Crippen LogP contribution in [-0.2, 0) is 6.42 Å². The Labute approximate surface area is 183 Å². The zero-order chi connectivity index (χ0) is 22.0. The van der Waals surface area contributed by atoms with Gasteiger partial charge in [0.1, 0.15) is 0 Å². The Morgan fingerprint density at radius 3 is 2.68 bits per heavy atom. The van der Waals surface area contributed by atoms with E-state index in [2.05, 4.69) is 10.3 Å². The molecular formula is C23H20ClN3O4. The Bertz CT molecular complexity index is 1350. The lowest BCUT2D eigenvalue weighted by Crippen LogP contribution is -2.27. The normalized spacial score (nSPS) is 10.9. The van der Waals surface area contributed by atoms with E-state index in [1.807, 2.05) is 18.2 Å². The third-order valence-electron chi connectivity index (χ3n) is 4.99. The highest BCUT2D eigenvalue weighted by molar-refractivity contribution is 6.31. The summed E-state index contributed by atoms with van der Waals surface area (Å²) >= 11 is 6.01. The number of amides is 1. The molecule has 4 rings (SSSR count). The monoisotopic (exact) mass is 437 g/mol. The van der Waals surface area contributed by atoms with E-state index < -0.39 is 0 Å². The number of benzene rings is 2. The second-order valence-electron chi connectivity index (χ2n) is 6.89. The summed E-state index contributed by atoms with van der Waals surface area (Å²) < 4.78 is 11.9. The first-order valence-corrected chi connectivity index (χ1v) is 9.99. The fourth-order valence-electron chi connectivity index (χ4n) is 3.43. The number of ether oxygens (including phenoxy) is 2. The van der Waals surface area contributed by atoms with Crippen molar-refractivity contribution in [2.75, 3.05) is 20.8 Å². The SMILES string of the molecule is COc1ccc(CCNC(=O)c2cccn3c(=O)c4cc(Cl)ccc4nc23)cc1OC. The Balaban J connectivity index is 1.57. The van der Waals surface area contributed by atoms with Crippen LogP contribution in [0.25, 0.3) is 16.6 Å². The highest BCUT2D eigenvalue weighted by Crippen LogP contribution is 2.27. The number of pyridine rings is 1. The van der Waals surface area contributed by atoms with E-state index >= 15 is 0 Å². The topological polar surface area (TPSA) is 81.9 Å². The van der Waals surface area contributed by atoms with Gasteiger partial charge in [-0.3, -0.25) is 14.0 Å². The summed E-state index contributed by atoms with van der Waals surface area (Å²) in [6.07, 6.45) is 2.19. The van der Waals surface area contributed by atoms with E-state index in [1.165, 1.54) is 4.40 Å². The summed E-state index contributed by atoms with van der Waals surface area (Å²) in [7, 11) is 3.16. The number of halogens is 1. The Morgan fingerprint density at radius 1 is 1.10 bits per heavy atom. The molecule has 1 amide bonds. The van der Waals surface area contributed by atoms with Crippen molar-refractivity contribution >= 4 is 34.1 Å². The second-order valence-corrected chi connectivity index (χ2v) is 7.33. The minimum absolute atomic E-state index is 0.275. The molecule has 8 heteroatoms. The number of nitrogens with zero attached hydrogens (tertiary/aromatic N) is 2. The van der Waals surface area contributed by atoms with Gasteiger partial charge in [0.2, 0.25) is 0 Å². The van der Waals surface area contributed by atoms with Gasteiger partial charge in [-0.1, -0.05) is 17.7 Å². The molecule has 0 fully saturated rings. The van der Waals surface area contributed by atoms with Gasteiger partial charge >= 0.3 is 0 Å². The van der Waals surface area contributed by atoms with Gasteiger partial charge in [-0.05, 0) is 54.4 Å². The summed E-state index contributed by atoms with van der Waals surface area (Å²) in [5.74, 6) is 0.978. The van der Waals surface area contributed by atoms with Gasteiger partial charge in [0.05, 0.1) is 30.7 Å². The molecule has 0 bridgehead atoms. The molecule has 31 heavy (non-hydrogen) atoms. The maximum absolute atomic E-state index is 12.8. The number of hydrogen-bond acceptors (Lipinski definition) is 5. The van der Waals surface area contributed by atoms with E-state index in [4.69, 9.17) is 21.1 Å². The smallest absolute Gasteiger partial charge is 0.265 e. The van der Waals surface area contributed by atoms with Crippen molar-refractivity contribution in [1.29, 1.82) is 0 Å². The zero-order valence-corrected chi connectivity index (χ0v) is 17.8. The maximum atomic E-state index is 12.8. The molecule has 2 aromatic heterocycles. The van der Waals surface area contributed by atoms with Crippen LogP contribution in [0.4, 0.5) is 0 Å². The zero-order valence-electron chi connectivity index (χ0n) is 17.0. The largest absolute Gasteiger partial charge is 0.493 e. The molecule has 0 aliphatic rings. The summed E-state index contributed by atoms with van der Waals surface area (Å²) in [5.41, 5.74) is 1.82. The Kier molecular flexibility index (Phi) is 5.77. The van der Waals surface area contributed by atoms with E-state index in [0.29, 0.717) is 51.6 Å². The van der Waals surface area contributed by atoms with E-state index in [0.717, 1.165) is 5.56 Å². The van der Waals surface area contributed by atoms with E-state index in [-0.39, 0.29) is 11.5 Å². The molecule has 0 unspecified atom stereocenters. The van der Waals surface area contributed by atoms with Crippen molar-refractivity contribution in [2.45, 2.75) is 6.42 Å². The van der Waals surface area contributed by atoms with Crippen molar-refractivity contribution in [3.05, 3.63) is 81.2 Å². The third kappa shape index (κ3) is 4.04. The van der Waals surface area contributed by atoms with Crippen LogP contribution in [-0.4, -0.2) is 36.1 Å². The number of carbonyl (C=O) groups is 1. The van der Waals surface area contributed by atoms with Gasteiger partial charge in [-0.25, -0.2) is 4.98 Å². The van der Waals surface area contributed by atoms with Crippen LogP contribution >= 0.6 is 11.6 Å². The van der Waals surface area contributed by atoms with Crippen molar-refractivity contribution in [2.24, 2.45) is 0 Å². The minimum Gasteiger partial charge on any atom is -0.493 e. The number of carbonyl (C=O) groups excluding carboxylic acids is 1. The predicted molar refractivity (Wildman–Crippen MR) is 120 cm³/mol. The standard InChI is InChI=1S/C23H20ClN3O4/c1-30-19-8-5-14(12-20(19)31-2)9-10-25-22(28)16-4-3-11-27-21(16)26-18-7-6-15(24)13-17(18)23(27)29/h3-8,11-13H,9-10H2,1-2H3,(H,25,28). The van der Waals surface area contributed by atoms with E-state index in [1.54, 1.807) is 50.7 Å². The molecule has 4 aromatic rings. The summed E-state index contributed by atoms with van der Waals surface area (Å²) in [6.45, 7) is 0.406. The first-order valence-electron chi connectivity index (χ1n) is 9.61.